The van der Waals surface area contributed by atoms with Gasteiger partial charge in [-0.15, -0.1) is 0 Å². The second-order valence-corrected chi connectivity index (χ2v) is 7.38. The Morgan fingerprint density at radius 2 is 1.93 bits per heavy atom. The Morgan fingerprint density at radius 1 is 1.24 bits per heavy atom. The van der Waals surface area contributed by atoms with E-state index in [4.69, 9.17) is 11.6 Å². The Hall–Kier alpha value is -2.86. The van der Waals surface area contributed by atoms with Crippen LogP contribution < -0.4 is 10.9 Å². The SMILES string of the molecule is CCCn1cc([C@@H](C)N(C)C(=O)Nc2ccc(F)c(Cl)c2)c2ccccc2c1=O. The standard InChI is InChI=1S/C22H23ClFN3O2/c1-4-11-27-13-18(16-7-5-6-8-17(16)21(27)28)14(2)26(3)22(29)25-15-9-10-20(24)19(23)12-15/h5-10,12-14H,4,11H2,1-3H3,(H,25,29)/t14-/m1/s1. The number of nitrogens with one attached hydrogen (secondary N) is 1. The van der Waals surface area contributed by atoms with E-state index in [2.05, 4.69) is 5.32 Å². The van der Waals surface area contributed by atoms with Crippen molar-refractivity contribution in [3.63, 3.8) is 0 Å². The van der Waals surface area contributed by atoms with E-state index < -0.39 is 5.82 Å². The first kappa shape index (κ1) is 20.9. The Morgan fingerprint density at radius 3 is 2.59 bits per heavy atom. The number of urea groups is 1. The summed E-state index contributed by atoms with van der Waals surface area (Å²) in [4.78, 5) is 27.0. The third kappa shape index (κ3) is 4.27. The summed E-state index contributed by atoms with van der Waals surface area (Å²) in [5.74, 6) is -0.545. The largest absolute Gasteiger partial charge is 0.322 e. The topological polar surface area (TPSA) is 54.3 Å². The first-order valence-corrected chi connectivity index (χ1v) is 9.82. The molecule has 0 saturated carbocycles. The predicted octanol–water partition coefficient (Wildman–Crippen LogP) is 5.43. The molecule has 0 saturated heterocycles. The van der Waals surface area contributed by atoms with Crippen LogP contribution in [0.5, 0.6) is 0 Å². The number of amides is 2. The molecular weight excluding hydrogens is 393 g/mol. The first-order valence-electron chi connectivity index (χ1n) is 9.44. The van der Waals surface area contributed by atoms with E-state index in [0.717, 1.165) is 17.4 Å². The summed E-state index contributed by atoms with van der Waals surface area (Å²) in [6, 6.07) is 10.8. The maximum Gasteiger partial charge on any atom is 0.322 e. The van der Waals surface area contributed by atoms with Gasteiger partial charge in [0.15, 0.2) is 0 Å². The molecular formula is C22H23ClFN3O2. The van der Waals surface area contributed by atoms with Gasteiger partial charge in [-0.3, -0.25) is 4.79 Å². The molecule has 29 heavy (non-hydrogen) atoms. The highest BCUT2D eigenvalue weighted by atomic mass is 35.5. The van der Waals surface area contributed by atoms with E-state index in [1.807, 2.05) is 38.2 Å². The van der Waals surface area contributed by atoms with Gasteiger partial charge in [-0.2, -0.15) is 0 Å². The Labute approximate surface area is 173 Å². The number of nitrogens with zero attached hydrogens (tertiary/aromatic N) is 2. The molecule has 0 bridgehead atoms. The average molecular weight is 416 g/mol. The van der Waals surface area contributed by atoms with Crippen molar-refractivity contribution in [3.8, 4) is 0 Å². The number of carbonyl (C=O) groups excluding carboxylic acids is 1. The van der Waals surface area contributed by atoms with E-state index in [9.17, 15) is 14.0 Å². The quantitative estimate of drug-likeness (QED) is 0.604. The van der Waals surface area contributed by atoms with Crippen LogP contribution in [-0.2, 0) is 6.54 Å². The van der Waals surface area contributed by atoms with Gasteiger partial charge in [0.25, 0.3) is 5.56 Å². The van der Waals surface area contributed by atoms with E-state index >= 15 is 0 Å². The van der Waals surface area contributed by atoms with Crippen molar-refractivity contribution in [3.05, 3.63) is 75.4 Å². The zero-order valence-corrected chi connectivity index (χ0v) is 17.3. The highest BCUT2D eigenvalue weighted by Gasteiger charge is 2.21. The van der Waals surface area contributed by atoms with E-state index in [1.165, 1.54) is 18.2 Å². The van der Waals surface area contributed by atoms with Gasteiger partial charge < -0.3 is 14.8 Å². The minimum Gasteiger partial charge on any atom is -0.321 e. The number of halogens is 2. The zero-order chi connectivity index (χ0) is 21.1. The smallest absolute Gasteiger partial charge is 0.321 e. The number of anilines is 1. The lowest BCUT2D eigenvalue weighted by molar-refractivity contribution is 0.208. The number of pyridine rings is 1. The van der Waals surface area contributed by atoms with Crippen molar-refractivity contribution in [2.24, 2.45) is 0 Å². The lowest BCUT2D eigenvalue weighted by Gasteiger charge is -2.27. The molecule has 0 spiro atoms. The van der Waals surface area contributed by atoms with Crippen LogP contribution in [0.4, 0.5) is 14.9 Å². The molecule has 1 N–H and O–H groups in total. The van der Waals surface area contributed by atoms with Crippen molar-refractivity contribution in [1.82, 2.24) is 9.47 Å². The molecule has 1 aromatic heterocycles. The minimum atomic E-state index is -0.545. The van der Waals surface area contributed by atoms with E-state index in [-0.39, 0.29) is 22.7 Å². The summed E-state index contributed by atoms with van der Waals surface area (Å²) < 4.78 is 15.0. The van der Waals surface area contributed by atoms with Gasteiger partial charge in [0.2, 0.25) is 0 Å². The van der Waals surface area contributed by atoms with Crippen LogP contribution in [-0.4, -0.2) is 22.5 Å². The first-order chi connectivity index (χ1) is 13.8. The summed E-state index contributed by atoms with van der Waals surface area (Å²) in [6.07, 6.45) is 2.66. The van der Waals surface area contributed by atoms with Gasteiger partial charge in [0.1, 0.15) is 5.82 Å². The molecule has 5 nitrogen and oxygen atoms in total. The lowest BCUT2D eigenvalue weighted by Crippen LogP contribution is -2.34. The maximum atomic E-state index is 13.3. The Kier molecular flexibility index (Phi) is 6.23. The van der Waals surface area contributed by atoms with Gasteiger partial charge in [-0.1, -0.05) is 36.7 Å². The summed E-state index contributed by atoms with van der Waals surface area (Å²) in [5, 5.41) is 4.12. The molecule has 1 atom stereocenters. The van der Waals surface area contributed by atoms with E-state index in [0.29, 0.717) is 17.6 Å². The molecule has 7 heteroatoms. The number of fused-ring (bicyclic) bond motifs is 1. The number of hydrogen-bond donors (Lipinski definition) is 1. The van der Waals surface area contributed by atoms with Crippen molar-refractivity contribution in [2.45, 2.75) is 32.9 Å². The number of hydrogen-bond acceptors (Lipinski definition) is 2. The zero-order valence-electron chi connectivity index (χ0n) is 16.6. The molecule has 152 valence electrons. The lowest BCUT2D eigenvalue weighted by atomic mass is 10.0. The molecule has 3 aromatic rings. The van der Waals surface area contributed by atoms with Crippen LogP contribution in [0.1, 0.15) is 31.9 Å². The highest BCUT2D eigenvalue weighted by Crippen LogP contribution is 2.27. The third-order valence-electron chi connectivity index (χ3n) is 5.01. The fourth-order valence-corrected chi connectivity index (χ4v) is 3.46. The van der Waals surface area contributed by atoms with Gasteiger partial charge >= 0.3 is 6.03 Å². The van der Waals surface area contributed by atoms with Crippen LogP contribution in [0, 0.1) is 5.82 Å². The van der Waals surface area contributed by atoms with Crippen LogP contribution in [0.25, 0.3) is 10.8 Å². The maximum absolute atomic E-state index is 13.3. The molecule has 0 unspecified atom stereocenters. The van der Waals surface area contributed by atoms with Crippen molar-refractivity contribution >= 4 is 34.1 Å². The van der Waals surface area contributed by atoms with Crippen molar-refractivity contribution in [2.75, 3.05) is 12.4 Å². The molecule has 2 amide bonds. The normalized spacial score (nSPS) is 12.0. The Bertz CT molecular complexity index is 1110. The van der Waals surface area contributed by atoms with Gasteiger partial charge in [0, 0.05) is 30.9 Å². The van der Waals surface area contributed by atoms with Crippen molar-refractivity contribution in [1.29, 1.82) is 0 Å². The summed E-state index contributed by atoms with van der Waals surface area (Å²) in [6.45, 7) is 4.52. The second-order valence-electron chi connectivity index (χ2n) is 6.97. The number of rotatable bonds is 5. The molecule has 3 rings (SSSR count). The fourth-order valence-electron chi connectivity index (χ4n) is 3.28. The molecule has 1 heterocycles. The van der Waals surface area contributed by atoms with Crippen LogP contribution in [0.15, 0.2) is 53.5 Å². The molecule has 0 fully saturated rings. The Balaban J connectivity index is 1.94. The minimum absolute atomic E-state index is 0.0357. The molecule has 0 aliphatic rings. The molecule has 0 radical (unpaired) electrons. The predicted molar refractivity (Wildman–Crippen MR) is 115 cm³/mol. The fraction of sp³-hybridized carbons (Fsp3) is 0.273. The monoisotopic (exact) mass is 415 g/mol. The van der Waals surface area contributed by atoms with Gasteiger partial charge in [0.05, 0.1) is 11.1 Å². The summed E-state index contributed by atoms with van der Waals surface area (Å²) in [5.41, 5.74) is 1.25. The molecule has 0 aliphatic carbocycles. The van der Waals surface area contributed by atoms with Crippen molar-refractivity contribution < 1.29 is 9.18 Å². The van der Waals surface area contributed by atoms with Gasteiger partial charge in [-0.05, 0) is 48.6 Å². The summed E-state index contributed by atoms with van der Waals surface area (Å²) >= 11 is 5.79. The molecule has 2 aromatic carbocycles. The molecule has 0 aliphatic heterocycles. The van der Waals surface area contributed by atoms with E-state index in [1.54, 1.807) is 22.6 Å². The highest BCUT2D eigenvalue weighted by molar-refractivity contribution is 6.31. The van der Waals surface area contributed by atoms with Crippen LogP contribution >= 0.6 is 11.6 Å². The number of carbonyl (C=O) groups is 1. The van der Waals surface area contributed by atoms with Crippen LogP contribution in [0.3, 0.4) is 0 Å². The number of aromatic nitrogens is 1. The third-order valence-corrected chi connectivity index (χ3v) is 5.30. The van der Waals surface area contributed by atoms with Gasteiger partial charge in [-0.25, -0.2) is 9.18 Å². The second kappa shape index (κ2) is 8.66. The number of aryl methyl sites for hydroxylation is 1. The summed E-state index contributed by atoms with van der Waals surface area (Å²) in [7, 11) is 1.68. The average Bonchev–Trinajstić information content (AvgIpc) is 2.72. The van der Waals surface area contributed by atoms with Crippen LogP contribution in [0.2, 0.25) is 5.02 Å². The number of benzene rings is 2.